The van der Waals surface area contributed by atoms with Gasteiger partial charge in [0.2, 0.25) is 0 Å². The fourth-order valence-corrected chi connectivity index (χ4v) is 3.80. The quantitative estimate of drug-likeness (QED) is 0.753. The summed E-state index contributed by atoms with van der Waals surface area (Å²) in [5.74, 6) is 0.720. The first-order valence-corrected chi connectivity index (χ1v) is 9.18. The number of nitrogens with one attached hydrogen (secondary N) is 2. The molecule has 4 rings (SSSR count). The van der Waals surface area contributed by atoms with Gasteiger partial charge in [0, 0.05) is 29.1 Å². The number of aryl methyl sites for hydroxylation is 2. The van der Waals surface area contributed by atoms with Gasteiger partial charge in [-0.15, -0.1) is 0 Å². The van der Waals surface area contributed by atoms with Gasteiger partial charge in [-0.05, 0) is 55.5 Å². The molecule has 1 unspecified atom stereocenters. The third kappa shape index (κ3) is 3.19. The molecule has 0 bridgehead atoms. The van der Waals surface area contributed by atoms with E-state index in [-0.39, 0.29) is 18.6 Å². The standard InChI is InChI=1S/C22H24N2O2/c1-14-6-5-9-21(15(14)2)26-13-22(25)23-16-10-11-18-17-7-3-4-8-19(17)24-20(18)12-16/h3-9,16,24H,10-13H2,1-2H3,(H,23,25). The number of hydrogen-bond acceptors (Lipinski definition) is 2. The van der Waals surface area contributed by atoms with Crippen molar-refractivity contribution in [2.45, 2.75) is 39.2 Å². The number of hydrogen-bond donors (Lipinski definition) is 2. The van der Waals surface area contributed by atoms with Gasteiger partial charge in [-0.25, -0.2) is 0 Å². The lowest BCUT2D eigenvalue weighted by Crippen LogP contribution is -2.41. The smallest absolute Gasteiger partial charge is 0.258 e. The van der Waals surface area contributed by atoms with Crippen LogP contribution in [0, 0.1) is 13.8 Å². The van der Waals surface area contributed by atoms with Gasteiger partial charge in [-0.3, -0.25) is 4.79 Å². The molecule has 26 heavy (non-hydrogen) atoms. The maximum Gasteiger partial charge on any atom is 0.258 e. The Bertz CT molecular complexity index is 958. The third-order valence-corrected chi connectivity index (χ3v) is 5.37. The van der Waals surface area contributed by atoms with E-state index in [4.69, 9.17) is 4.74 Å². The zero-order chi connectivity index (χ0) is 18.1. The molecule has 1 heterocycles. The molecule has 2 N–H and O–H groups in total. The number of carbonyl (C=O) groups excluding carboxylic acids is 1. The number of aromatic amines is 1. The van der Waals surface area contributed by atoms with Crippen LogP contribution in [0.25, 0.3) is 10.9 Å². The average Bonchev–Trinajstić information content (AvgIpc) is 3.00. The van der Waals surface area contributed by atoms with E-state index in [1.807, 2.05) is 38.1 Å². The molecule has 0 fully saturated rings. The van der Waals surface area contributed by atoms with Crippen LogP contribution in [-0.2, 0) is 17.6 Å². The fourth-order valence-electron chi connectivity index (χ4n) is 3.80. The number of fused-ring (bicyclic) bond motifs is 3. The normalized spacial score (nSPS) is 16.3. The molecule has 1 amide bonds. The molecule has 0 spiro atoms. The minimum absolute atomic E-state index is 0.0559. The predicted octanol–water partition coefficient (Wildman–Crippen LogP) is 3.84. The largest absolute Gasteiger partial charge is 0.483 e. The van der Waals surface area contributed by atoms with Crippen LogP contribution in [0.15, 0.2) is 42.5 Å². The molecule has 0 saturated heterocycles. The van der Waals surface area contributed by atoms with Gasteiger partial charge >= 0.3 is 0 Å². The molecule has 1 aliphatic rings. The second kappa shape index (κ2) is 6.87. The number of rotatable bonds is 4. The van der Waals surface area contributed by atoms with E-state index in [1.165, 1.54) is 27.7 Å². The lowest BCUT2D eigenvalue weighted by molar-refractivity contribution is -0.123. The van der Waals surface area contributed by atoms with Crippen molar-refractivity contribution in [3.05, 3.63) is 64.8 Å². The molecular weight excluding hydrogens is 324 g/mol. The Hall–Kier alpha value is -2.75. The van der Waals surface area contributed by atoms with E-state index >= 15 is 0 Å². The van der Waals surface area contributed by atoms with Crippen molar-refractivity contribution in [1.29, 1.82) is 0 Å². The van der Waals surface area contributed by atoms with Crippen molar-refractivity contribution in [2.75, 3.05) is 6.61 Å². The van der Waals surface area contributed by atoms with Crippen molar-refractivity contribution >= 4 is 16.8 Å². The number of carbonyl (C=O) groups is 1. The van der Waals surface area contributed by atoms with E-state index in [0.717, 1.165) is 30.6 Å². The molecule has 4 nitrogen and oxygen atoms in total. The van der Waals surface area contributed by atoms with Crippen LogP contribution < -0.4 is 10.1 Å². The van der Waals surface area contributed by atoms with E-state index in [2.05, 4.69) is 28.5 Å². The van der Waals surface area contributed by atoms with Gasteiger partial charge in [0.25, 0.3) is 5.91 Å². The SMILES string of the molecule is Cc1cccc(OCC(=O)NC2CCc3c([nH]c4ccccc34)C2)c1C. The minimum Gasteiger partial charge on any atom is -0.483 e. The zero-order valence-electron chi connectivity index (χ0n) is 15.3. The summed E-state index contributed by atoms with van der Waals surface area (Å²) in [6, 6.07) is 14.5. The highest BCUT2D eigenvalue weighted by Crippen LogP contribution is 2.29. The first-order chi connectivity index (χ1) is 12.6. The average molecular weight is 348 g/mol. The van der Waals surface area contributed by atoms with E-state index in [1.54, 1.807) is 0 Å². The van der Waals surface area contributed by atoms with Crippen LogP contribution in [-0.4, -0.2) is 23.5 Å². The Kier molecular flexibility index (Phi) is 4.41. The molecule has 3 aromatic rings. The topological polar surface area (TPSA) is 54.1 Å². The van der Waals surface area contributed by atoms with E-state index in [9.17, 15) is 4.79 Å². The fraction of sp³-hybridized carbons (Fsp3) is 0.318. The molecule has 2 aromatic carbocycles. The molecule has 4 heteroatoms. The summed E-state index contributed by atoms with van der Waals surface area (Å²) in [6.45, 7) is 4.11. The van der Waals surface area contributed by atoms with Crippen LogP contribution in [0.2, 0.25) is 0 Å². The first kappa shape index (κ1) is 16.7. The summed E-state index contributed by atoms with van der Waals surface area (Å²) in [5.41, 5.74) is 6.08. The van der Waals surface area contributed by atoms with Crippen molar-refractivity contribution < 1.29 is 9.53 Å². The number of amides is 1. The zero-order valence-corrected chi connectivity index (χ0v) is 15.3. The molecular formula is C22H24N2O2. The number of benzene rings is 2. The maximum atomic E-state index is 12.3. The summed E-state index contributed by atoms with van der Waals surface area (Å²) in [5, 5.41) is 4.44. The van der Waals surface area contributed by atoms with Gasteiger partial charge in [-0.1, -0.05) is 30.3 Å². The number of ether oxygens (including phenoxy) is 1. The minimum atomic E-state index is -0.0598. The maximum absolute atomic E-state index is 12.3. The Morgan fingerprint density at radius 1 is 1.19 bits per heavy atom. The summed E-state index contributed by atoms with van der Waals surface area (Å²) in [7, 11) is 0. The number of aromatic nitrogens is 1. The summed E-state index contributed by atoms with van der Waals surface area (Å²) in [6.07, 6.45) is 2.80. The first-order valence-electron chi connectivity index (χ1n) is 9.18. The molecule has 1 aliphatic carbocycles. The van der Waals surface area contributed by atoms with Crippen molar-refractivity contribution in [3.8, 4) is 5.75 Å². The summed E-state index contributed by atoms with van der Waals surface area (Å²) < 4.78 is 5.72. The van der Waals surface area contributed by atoms with Crippen LogP contribution in [0.5, 0.6) is 5.75 Å². The van der Waals surface area contributed by atoms with Gasteiger partial charge in [0.1, 0.15) is 5.75 Å². The molecule has 1 aromatic heterocycles. The van der Waals surface area contributed by atoms with Gasteiger partial charge in [0.15, 0.2) is 6.61 Å². The summed E-state index contributed by atoms with van der Waals surface area (Å²) >= 11 is 0. The third-order valence-electron chi connectivity index (χ3n) is 5.37. The van der Waals surface area contributed by atoms with Crippen LogP contribution in [0.1, 0.15) is 28.8 Å². The predicted molar refractivity (Wildman–Crippen MR) is 104 cm³/mol. The molecule has 0 saturated carbocycles. The number of para-hydroxylation sites is 1. The highest BCUT2D eigenvalue weighted by molar-refractivity contribution is 5.85. The van der Waals surface area contributed by atoms with Gasteiger partial charge in [-0.2, -0.15) is 0 Å². The van der Waals surface area contributed by atoms with Crippen molar-refractivity contribution in [2.24, 2.45) is 0 Å². The van der Waals surface area contributed by atoms with E-state index < -0.39 is 0 Å². The van der Waals surface area contributed by atoms with Crippen molar-refractivity contribution in [1.82, 2.24) is 10.3 Å². The van der Waals surface area contributed by atoms with Crippen LogP contribution in [0.3, 0.4) is 0 Å². The molecule has 0 radical (unpaired) electrons. The molecule has 134 valence electrons. The van der Waals surface area contributed by atoms with Crippen molar-refractivity contribution in [3.63, 3.8) is 0 Å². The second-order valence-corrected chi connectivity index (χ2v) is 7.12. The monoisotopic (exact) mass is 348 g/mol. The lowest BCUT2D eigenvalue weighted by Gasteiger charge is -2.23. The highest BCUT2D eigenvalue weighted by Gasteiger charge is 2.23. The van der Waals surface area contributed by atoms with Crippen LogP contribution >= 0.6 is 0 Å². The Labute approximate surface area is 153 Å². The van der Waals surface area contributed by atoms with Crippen LogP contribution in [0.4, 0.5) is 0 Å². The Morgan fingerprint density at radius 3 is 2.92 bits per heavy atom. The number of H-pyrrole nitrogens is 1. The Morgan fingerprint density at radius 2 is 2.04 bits per heavy atom. The highest BCUT2D eigenvalue weighted by atomic mass is 16.5. The Balaban J connectivity index is 1.37. The van der Waals surface area contributed by atoms with E-state index in [0.29, 0.717) is 0 Å². The lowest BCUT2D eigenvalue weighted by atomic mass is 9.92. The molecule has 0 aliphatic heterocycles. The molecule has 1 atom stereocenters. The summed E-state index contributed by atoms with van der Waals surface area (Å²) in [4.78, 5) is 15.8. The van der Waals surface area contributed by atoms with Gasteiger partial charge < -0.3 is 15.0 Å². The second-order valence-electron chi connectivity index (χ2n) is 7.12. The van der Waals surface area contributed by atoms with Gasteiger partial charge in [0.05, 0.1) is 0 Å².